The van der Waals surface area contributed by atoms with Gasteiger partial charge in [0.25, 0.3) is 0 Å². The number of thiophene rings is 1. The molecule has 100 valence electrons. The van der Waals surface area contributed by atoms with Gasteiger partial charge in [-0.15, -0.1) is 11.3 Å². The summed E-state index contributed by atoms with van der Waals surface area (Å²) in [6.45, 7) is 2.07. The number of hydrogen-bond donors (Lipinski definition) is 1. The molecule has 0 fully saturated rings. The number of aryl methyl sites for hydroxylation is 1. The van der Waals surface area contributed by atoms with Gasteiger partial charge in [0.2, 0.25) is 0 Å². The van der Waals surface area contributed by atoms with Gasteiger partial charge in [-0.05, 0) is 41.1 Å². The van der Waals surface area contributed by atoms with E-state index in [9.17, 15) is 0 Å². The number of fused-ring (bicyclic) bond motifs is 1. The van der Waals surface area contributed by atoms with Gasteiger partial charge in [0.1, 0.15) is 6.33 Å². The quantitative estimate of drug-likeness (QED) is 0.419. The summed E-state index contributed by atoms with van der Waals surface area (Å²) in [5, 5.41) is 4.20. The van der Waals surface area contributed by atoms with Crippen LogP contribution in [0.5, 0.6) is 0 Å². The smallest absolute Gasteiger partial charge is 0.167 e. The number of rotatable bonds is 3. The number of aromatic nitrogens is 3. The van der Waals surface area contributed by atoms with Crippen molar-refractivity contribution in [1.29, 1.82) is 0 Å². The van der Waals surface area contributed by atoms with Crippen LogP contribution in [-0.4, -0.2) is 21.2 Å². The molecule has 0 atom stereocenters. The maximum Gasteiger partial charge on any atom is 0.167 e. The lowest BCUT2D eigenvalue weighted by Gasteiger charge is -2.00. The van der Waals surface area contributed by atoms with Gasteiger partial charge in [-0.1, -0.05) is 6.07 Å². The van der Waals surface area contributed by atoms with Crippen LogP contribution in [0.3, 0.4) is 0 Å². The Bertz CT molecular complexity index is 769. The summed E-state index contributed by atoms with van der Waals surface area (Å²) in [6.07, 6.45) is 6.75. The molecule has 5 nitrogen and oxygen atoms in total. The van der Waals surface area contributed by atoms with E-state index in [0.717, 1.165) is 21.6 Å². The summed E-state index contributed by atoms with van der Waals surface area (Å²) in [5.74, 6) is 0.728. The predicted molar refractivity (Wildman–Crippen MR) is 90.3 cm³/mol. The van der Waals surface area contributed by atoms with E-state index < -0.39 is 0 Å². The maximum absolute atomic E-state index is 4.32. The zero-order valence-electron chi connectivity index (χ0n) is 10.5. The van der Waals surface area contributed by atoms with Crippen LogP contribution in [-0.2, 0) is 0 Å². The molecule has 0 aromatic carbocycles. The highest BCUT2D eigenvalue weighted by Crippen LogP contribution is 2.33. The predicted octanol–water partition coefficient (Wildman–Crippen LogP) is 3.45. The van der Waals surface area contributed by atoms with Gasteiger partial charge >= 0.3 is 0 Å². The summed E-state index contributed by atoms with van der Waals surface area (Å²) in [7, 11) is 0. The van der Waals surface area contributed by atoms with Crippen molar-refractivity contribution in [2.75, 3.05) is 5.43 Å². The van der Waals surface area contributed by atoms with Crippen molar-refractivity contribution >= 4 is 56.2 Å². The minimum atomic E-state index is 0.728. The third-order valence-electron chi connectivity index (χ3n) is 2.71. The van der Waals surface area contributed by atoms with Crippen LogP contribution in [0.1, 0.15) is 11.1 Å². The third kappa shape index (κ3) is 2.63. The molecule has 0 unspecified atom stereocenters. The first-order valence-corrected chi connectivity index (χ1v) is 7.74. The van der Waals surface area contributed by atoms with Crippen LogP contribution in [0.25, 0.3) is 10.2 Å². The second kappa shape index (κ2) is 5.80. The largest absolute Gasteiger partial charge is 0.264 e. The molecule has 3 aromatic rings. The summed E-state index contributed by atoms with van der Waals surface area (Å²) in [6, 6.07) is 3.81. The zero-order valence-corrected chi connectivity index (χ0v) is 13.5. The number of hydrogen-bond acceptors (Lipinski definition) is 6. The average molecular weight is 395 g/mol. The second-order valence-electron chi connectivity index (χ2n) is 4.06. The lowest BCUT2D eigenvalue weighted by Crippen LogP contribution is -1.94. The van der Waals surface area contributed by atoms with E-state index in [-0.39, 0.29) is 0 Å². The number of hydrazone groups is 1. The topological polar surface area (TPSA) is 63.1 Å². The van der Waals surface area contributed by atoms with Crippen LogP contribution in [0.2, 0.25) is 0 Å². The summed E-state index contributed by atoms with van der Waals surface area (Å²) in [4.78, 5) is 12.6. The Labute approximate surface area is 133 Å². The van der Waals surface area contributed by atoms with Crippen molar-refractivity contribution in [1.82, 2.24) is 15.0 Å². The highest BCUT2D eigenvalue weighted by molar-refractivity contribution is 14.1. The molecule has 0 saturated heterocycles. The average Bonchev–Trinajstić information content (AvgIpc) is 2.77. The third-order valence-corrected chi connectivity index (χ3v) is 5.26. The van der Waals surface area contributed by atoms with E-state index in [1.165, 1.54) is 8.45 Å². The van der Waals surface area contributed by atoms with Crippen molar-refractivity contribution in [2.45, 2.75) is 6.92 Å². The molecular formula is C13H10IN5S. The highest BCUT2D eigenvalue weighted by atomic mass is 127. The fraction of sp³-hybridized carbons (Fsp3) is 0.0769. The standard InChI is InChI=1S/C13H10IN5S/c1-8-10-11(20-12(8)14)13(17-7-16-10)19-18-6-9-3-2-4-15-5-9/h2-7H,1H3,(H,16,17,19). The first-order chi connectivity index (χ1) is 9.75. The molecule has 0 spiro atoms. The summed E-state index contributed by atoms with van der Waals surface area (Å²) in [5.41, 5.74) is 6.07. The van der Waals surface area contributed by atoms with Crippen LogP contribution in [0.4, 0.5) is 5.82 Å². The fourth-order valence-corrected chi connectivity index (χ4v) is 3.54. The van der Waals surface area contributed by atoms with E-state index in [2.05, 4.69) is 55.0 Å². The lowest BCUT2D eigenvalue weighted by molar-refractivity contribution is 1.18. The molecule has 7 heteroatoms. The van der Waals surface area contributed by atoms with E-state index in [4.69, 9.17) is 0 Å². The lowest BCUT2D eigenvalue weighted by atomic mass is 10.3. The van der Waals surface area contributed by atoms with Gasteiger partial charge in [0.05, 0.1) is 19.3 Å². The Kier molecular flexibility index (Phi) is 3.88. The fourth-order valence-electron chi connectivity index (χ4n) is 1.70. The molecule has 0 saturated carbocycles. The van der Waals surface area contributed by atoms with E-state index >= 15 is 0 Å². The minimum absolute atomic E-state index is 0.728. The van der Waals surface area contributed by atoms with E-state index in [1.54, 1.807) is 36.3 Å². The molecule has 3 heterocycles. The number of pyridine rings is 1. The summed E-state index contributed by atoms with van der Waals surface area (Å²) >= 11 is 3.98. The molecule has 3 aromatic heterocycles. The summed E-state index contributed by atoms with van der Waals surface area (Å²) < 4.78 is 2.25. The maximum atomic E-state index is 4.32. The minimum Gasteiger partial charge on any atom is -0.264 e. The van der Waals surface area contributed by atoms with Gasteiger partial charge in [0.15, 0.2) is 5.82 Å². The van der Waals surface area contributed by atoms with Crippen LogP contribution in [0.15, 0.2) is 36.0 Å². The van der Waals surface area contributed by atoms with Gasteiger partial charge in [0, 0.05) is 18.0 Å². The molecular weight excluding hydrogens is 385 g/mol. The van der Waals surface area contributed by atoms with Crippen LogP contribution in [0, 0.1) is 9.81 Å². The van der Waals surface area contributed by atoms with Gasteiger partial charge in [-0.2, -0.15) is 5.10 Å². The Hall–Kier alpha value is -1.61. The van der Waals surface area contributed by atoms with Crippen molar-refractivity contribution in [3.05, 3.63) is 44.9 Å². The molecule has 3 rings (SSSR count). The molecule has 0 aliphatic rings. The monoisotopic (exact) mass is 395 g/mol. The van der Waals surface area contributed by atoms with Crippen LogP contribution < -0.4 is 5.43 Å². The van der Waals surface area contributed by atoms with Crippen molar-refractivity contribution in [3.8, 4) is 0 Å². The second-order valence-corrected chi connectivity index (χ2v) is 6.89. The zero-order chi connectivity index (χ0) is 13.9. The first-order valence-electron chi connectivity index (χ1n) is 5.84. The molecule has 0 bridgehead atoms. The Morgan fingerprint density at radius 1 is 1.40 bits per heavy atom. The molecule has 0 radical (unpaired) electrons. The first kappa shape index (κ1) is 13.4. The van der Waals surface area contributed by atoms with Gasteiger partial charge in [-0.25, -0.2) is 9.97 Å². The van der Waals surface area contributed by atoms with Crippen molar-refractivity contribution < 1.29 is 0 Å². The normalized spacial score (nSPS) is 11.3. The molecule has 1 N–H and O–H groups in total. The Morgan fingerprint density at radius 2 is 2.30 bits per heavy atom. The highest BCUT2D eigenvalue weighted by Gasteiger charge is 2.11. The van der Waals surface area contributed by atoms with Crippen molar-refractivity contribution in [3.63, 3.8) is 0 Å². The molecule has 20 heavy (non-hydrogen) atoms. The molecule has 0 aliphatic carbocycles. The van der Waals surface area contributed by atoms with Crippen molar-refractivity contribution in [2.24, 2.45) is 5.10 Å². The number of nitrogens with zero attached hydrogens (tertiary/aromatic N) is 4. The number of nitrogens with one attached hydrogen (secondary N) is 1. The Balaban J connectivity index is 1.88. The number of anilines is 1. The van der Waals surface area contributed by atoms with E-state index in [1.807, 2.05) is 12.1 Å². The van der Waals surface area contributed by atoms with E-state index in [0.29, 0.717) is 0 Å². The Morgan fingerprint density at radius 3 is 3.10 bits per heavy atom. The van der Waals surface area contributed by atoms with Gasteiger partial charge in [-0.3, -0.25) is 10.4 Å². The molecule has 0 aliphatic heterocycles. The SMILES string of the molecule is Cc1c(I)sc2c(NN=Cc3cccnc3)ncnc12. The van der Waals surface area contributed by atoms with Crippen LogP contribution >= 0.6 is 33.9 Å². The number of halogens is 1. The molecule has 0 amide bonds. The van der Waals surface area contributed by atoms with Gasteiger partial charge < -0.3 is 0 Å².